The van der Waals surface area contributed by atoms with Gasteiger partial charge in [0.25, 0.3) is 0 Å². The van der Waals surface area contributed by atoms with E-state index in [0.29, 0.717) is 5.88 Å². The molecule has 0 heterocycles. The summed E-state index contributed by atoms with van der Waals surface area (Å²) < 4.78 is 0. The zero-order chi connectivity index (χ0) is 12.0. The fourth-order valence-corrected chi connectivity index (χ4v) is 2.70. The number of carbonyl (C=O) groups is 1. The lowest BCUT2D eigenvalue weighted by Gasteiger charge is -2.41. The van der Waals surface area contributed by atoms with Gasteiger partial charge in [0.05, 0.1) is 5.54 Å². The van der Waals surface area contributed by atoms with Gasteiger partial charge in [0.2, 0.25) is 5.91 Å². The average Bonchev–Trinajstić information content (AvgIpc) is 2.23. The zero-order valence-corrected chi connectivity index (χ0v) is 11.3. The molecule has 0 aromatic rings. The van der Waals surface area contributed by atoms with Crippen LogP contribution in [0.5, 0.6) is 0 Å². The fraction of sp³-hybridized carbons (Fsp3) is 0.923. The first-order valence-corrected chi connectivity index (χ1v) is 7.09. The molecule has 1 saturated carbocycles. The second-order valence-corrected chi connectivity index (χ2v) is 5.30. The highest BCUT2D eigenvalue weighted by molar-refractivity contribution is 6.18. The number of alkyl halides is 1. The lowest BCUT2D eigenvalue weighted by atomic mass is 9.77. The summed E-state index contributed by atoms with van der Waals surface area (Å²) in [7, 11) is 0. The Labute approximate surface area is 104 Å². The highest BCUT2D eigenvalue weighted by Crippen LogP contribution is 2.33. The minimum absolute atomic E-state index is 0.0711. The molecular weight excluding hydrogens is 222 g/mol. The normalized spacial score (nSPS) is 18.2. The van der Waals surface area contributed by atoms with Crippen molar-refractivity contribution >= 4 is 17.5 Å². The van der Waals surface area contributed by atoms with Crippen LogP contribution >= 0.6 is 11.6 Å². The van der Waals surface area contributed by atoms with Crippen molar-refractivity contribution in [2.75, 3.05) is 5.88 Å². The van der Waals surface area contributed by atoms with E-state index in [2.05, 4.69) is 19.2 Å². The van der Waals surface area contributed by atoms with Crippen molar-refractivity contribution in [3.63, 3.8) is 0 Å². The van der Waals surface area contributed by atoms with E-state index in [-0.39, 0.29) is 17.4 Å². The van der Waals surface area contributed by atoms with Gasteiger partial charge in [-0.2, -0.15) is 0 Å². The van der Waals surface area contributed by atoms with Crippen molar-refractivity contribution < 1.29 is 4.79 Å². The Balaban J connectivity index is 2.47. The molecule has 16 heavy (non-hydrogen) atoms. The molecule has 0 aromatic carbocycles. The Morgan fingerprint density at radius 2 is 1.88 bits per heavy atom. The standard InChI is InChI=1S/C13H24ClNO/c1-3-6-11(7-4-2)12(16)15-13(10-14)8-5-9-13/h11H,3-10H2,1-2H3,(H,15,16). The van der Waals surface area contributed by atoms with Gasteiger partial charge in [-0.05, 0) is 32.1 Å². The number of hydrogen-bond donors (Lipinski definition) is 1. The molecule has 1 N–H and O–H groups in total. The molecule has 2 nitrogen and oxygen atoms in total. The summed E-state index contributed by atoms with van der Waals surface area (Å²) in [6, 6.07) is 0. The van der Waals surface area contributed by atoms with Gasteiger partial charge in [-0.1, -0.05) is 26.7 Å². The van der Waals surface area contributed by atoms with Crippen LogP contribution < -0.4 is 5.32 Å². The third-order valence-corrected chi connectivity index (χ3v) is 4.11. The molecule has 1 aliphatic rings. The van der Waals surface area contributed by atoms with Crippen molar-refractivity contribution in [2.24, 2.45) is 5.92 Å². The van der Waals surface area contributed by atoms with Crippen molar-refractivity contribution in [1.29, 1.82) is 0 Å². The first-order chi connectivity index (χ1) is 7.67. The van der Waals surface area contributed by atoms with Crippen LogP contribution in [-0.4, -0.2) is 17.3 Å². The number of nitrogens with one attached hydrogen (secondary N) is 1. The van der Waals surface area contributed by atoms with E-state index in [1.165, 1.54) is 6.42 Å². The molecule has 1 fully saturated rings. The molecule has 0 aromatic heterocycles. The van der Waals surface area contributed by atoms with Crippen LogP contribution in [0.4, 0.5) is 0 Å². The average molecular weight is 246 g/mol. The minimum atomic E-state index is -0.0711. The summed E-state index contributed by atoms with van der Waals surface area (Å²) in [6.45, 7) is 4.27. The molecular formula is C13H24ClNO. The van der Waals surface area contributed by atoms with Crippen molar-refractivity contribution in [2.45, 2.75) is 64.3 Å². The topological polar surface area (TPSA) is 29.1 Å². The van der Waals surface area contributed by atoms with E-state index < -0.39 is 0 Å². The smallest absolute Gasteiger partial charge is 0.223 e. The van der Waals surface area contributed by atoms with Crippen LogP contribution in [0.15, 0.2) is 0 Å². The van der Waals surface area contributed by atoms with Crippen LogP contribution in [0.1, 0.15) is 58.8 Å². The highest BCUT2D eigenvalue weighted by atomic mass is 35.5. The van der Waals surface area contributed by atoms with E-state index in [4.69, 9.17) is 11.6 Å². The molecule has 0 bridgehead atoms. The predicted octanol–water partition coefficient (Wildman–Crippen LogP) is 3.48. The second-order valence-electron chi connectivity index (χ2n) is 5.03. The van der Waals surface area contributed by atoms with Crippen molar-refractivity contribution in [1.82, 2.24) is 5.32 Å². The number of hydrogen-bond acceptors (Lipinski definition) is 1. The van der Waals surface area contributed by atoms with E-state index in [0.717, 1.165) is 38.5 Å². The predicted molar refractivity (Wildman–Crippen MR) is 68.8 cm³/mol. The second kappa shape index (κ2) is 6.48. The lowest BCUT2D eigenvalue weighted by molar-refractivity contribution is -0.128. The molecule has 0 spiro atoms. The Hall–Kier alpha value is -0.240. The van der Waals surface area contributed by atoms with E-state index in [1.54, 1.807) is 0 Å². The molecule has 0 aliphatic heterocycles. The molecule has 1 amide bonds. The largest absolute Gasteiger partial charge is 0.349 e. The van der Waals surface area contributed by atoms with Gasteiger partial charge in [-0.25, -0.2) is 0 Å². The molecule has 94 valence electrons. The maximum absolute atomic E-state index is 12.1. The Bertz CT molecular complexity index is 214. The molecule has 1 rings (SSSR count). The highest BCUT2D eigenvalue weighted by Gasteiger charge is 2.38. The van der Waals surface area contributed by atoms with Crippen molar-refractivity contribution in [3.8, 4) is 0 Å². The zero-order valence-electron chi connectivity index (χ0n) is 10.5. The molecule has 0 atom stereocenters. The van der Waals surface area contributed by atoms with Crippen LogP contribution in [0, 0.1) is 5.92 Å². The molecule has 0 radical (unpaired) electrons. The summed E-state index contributed by atoms with van der Waals surface area (Å²) in [5, 5.41) is 3.18. The van der Waals surface area contributed by atoms with Crippen LogP contribution in [0.25, 0.3) is 0 Å². The summed E-state index contributed by atoms with van der Waals surface area (Å²) in [4.78, 5) is 12.1. The molecule has 0 unspecified atom stereocenters. The first-order valence-electron chi connectivity index (χ1n) is 6.55. The third-order valence-electron chi connectivity index (χ3n) is 3.60. The Morgan fingerprint density at radius 3 is 2.19 bits per heavy atom. The number of rotatable bonds is 7. The summed E-state index contributed by atoms with van der Waals surface area (Å²) >= 11 is 5.95. The van der Waals surface area contributed by atoms with Crippen LogP contribution in [-0.2, 0) is 4.79 Å². The molecule has 3 heteroatoms. The number of carbonyl (C=O) groups excluding carboxylic acids is 1. The SMILES string of the molecule is CCCC(CCC)C(=O)NC1(CCl)CCC1. The quantitative estimate of drug-likeness (QED) is 0.684. The fourth-order valence-electron chi connectivity index (χ4n) is 2.36. The van der Waals surface area contributed by atoms with Crippen LogP contribution in [0.2, 0.25) is 0 Å². The summed E-state index contributed by atoms with van der Waals surface area (Å²) in [6.07, 6.45) is 7.44. The number of halogens is 1. The number of amides is 1. The minimum Gasteiger partial charge on any atom is -0.349 e. The molecule has 0 saturated heterocycles. The van der Waals surface area contributed by atoms with E-state index in [9.17, 15) is 4.79 Å². The van der Waals surface area contributed by atoms with E-state index in [1.807, 2.05) is 0 Å². The Kier molecular flexibility index (Phi) is 5.60. The monoisotopic (exact) mass is 245 g/mol. The Morgan fingerprint density at radius 1 is 1.31 bits per heavy atom. The summed E-state index contributed by atoms with van der Waals surface area (Å²) in [5.74, 6) is 0.976. The van der Waals surface area contributed by atoms with Crippen LogP contribution in [0.3, 0.4) is 0 Å². The van der Waals surface area contributed by atoms with Gasteiger partial charge in [0, 0.05) is 11.8 Å². The van der Waals surface area contributed by atoms with Gasteiger partial charge in [0.15, 0.2) is 0 Å². The third kappa shape index (κ3) is 3.38. The van der Waals surface area contributed by atoms with Gasteiger partial charge in [-0.15, -0.1) is 11.6 Å². The van der Waals surface area contributed by atoms with Gasteiger partial charge in [0.1, 0.15) is 0 Å². The van der Waals surface area contributed by atoms with Crippen molar-refractivity contribution in [3.05, 3.63) is 0 Å². The van der Waals surface area contributed by atoms with Gasteiger partial charge < -0.3 is 5.32 Å². The maximum atomic E-state index is 12.1. The lowest BCUT2D eigenvalue weighted by Crippen LogP contribution is -2.56. The van der Waals surface area contributed by atoms with E-state index >= 15 is 0 Å². The summed E-state index contributed by atoms with van der Waals surface area (Å²) in [5.41, 5.74) is -0.0711. The first kappa shape index (κ1) is 13.8. The maximum Gasteiger partial charge on any atom is 0.223 e. The van der Waals surface area contributed by atoms with Gasteiger partial charge in [-0.3, -0.25) is 4.79 Å². The molecule has 1 aliphatic carbocycles. The van der Waals surface area contributed by atoms with Gasteiger partial charge >= 0.3 is 0 Å².